The van der Waals surface area contributed by atoms with Gasteiger partial charge in [-0.15, -0.1) is 0 Å². The van der Waals surface area contributed by atoms with Crippen molar-refractivity contribution in [2.75, 3.05) is 5.75 Å². The summed E-state index contributed by atoms with van der Waals surface area (Å²) in [4.78, 5) is 25.2. The minimum absolute atomic E-state index is 0.00978. The summed E-state index contributed by atoms with van der Waals surface area (Å²) in [6.07, 6.45) is -4.55. The molecule has 0 fully saturated rings. The number of amides is 2. The molecule has 2 amide bonds. The van der Waals surface area contributed by atoms with Gasteiger partial charge >= 0.3 is 6.18 Å². The van der Waals surface area contributed by atoms with Gasteiger partial charge in [-0.25, -0.2) is 21.6 Å². The summed E-state index contributed by atoms with van der Waals surface area (Å²) in [5.41, 5.74) is 2.86. The minimum Gasteiger partial charge on any atom is -0.366 e. The SMILES string of the molecule is NC(=O)c1cc(-c2ccc[n+](O)c2C(Cc2cc(F)cc(F)c2)NC(=O)Cn2nc(C(F)(F)F)c3c2CCS(=O)(=O)C3)ccc1F. The fourth-order valence-corrected chi connectivity index (χ4v) is 6.80. The van der Waals surface area contributed by atoms with E-state index in [4.69, 9.17) is 5.73 Å². The van der Waals surface area contributed by atoms with E-state index in [9.17, 15) is 49.6 Å². The van der Waals surface area contributed by atoms with Crippen LogP contribution in [0.5, 0.6) is 0 Å². The van der Waals surface area contributed by atoms with E-state index in [-0.39, 0.29) is 40.9 Å². The standard InChI is InChI=1S/C29H23F6N5O5S/c30-17-8-15(9-18(31)12-17)10-23(26-19(2-1-6-40(26)43)16-3-4-22(32)20(11-16)28(36)42)37-25(41)13-39-24-5-7-46(44,45)14-21(24)27(38-39)29(33,34)35/h1-4,6,8-9,11-12,23H,5,7,10,13-14H2,(H3-,36,37,41,42,43)/p+1. The number of hydrogen-bond donors (Lipinski definition) is 3. The molecule has 2 aromatic heterocycles. The Morgan fingerprint density at radius 1 is 1.09 bits per heavy atom. The molecular formula is C29H24F6N5O5S+. The van der Waals surface area contributed by atoms with Gasteiger partial charge in [0, 0.05) is 41.0 Å². The van der Waals surface area contributed by atoms with Gasteiger partial charge in [-0.3, -0.25) is 19.5 Å². The topological polar surface area (TPSA) is 148 Å². The second-order valence-electron chi connectivity index (χ2n) is 10.6. The molecule has 0 saturated heterocycles. The summed E-state index contributed by atoms with van der Waals surface area (Å²) in [6, 6.07) is 7.31. The van der Waals surface area contributed by atoms with Gasteiger partial charge in [0.25, 0.3) is 11.6 Å². The van der Waals surface area contributed by atoms with Crippen LogP contribution in [0.2, 0.25) is 0 Å². The first-order valence-electron chi connectivity index (χ1n) is 13.5. The van der Waals surface area contributed by atoms with Gasteiger partial charge in [0.15, 0.2) is 15.5 Å². The number of nitrogens with zero attached hydrogens (tertiary/aromatic N) is 3. The first-order valence-corrected chi connectivity index (χ1v) is 15.3. The van der Waals surface area contributed by atoms with E-state index in [1.54, 1.807) is 0 Å². The number of halogens is 6. The van der Waals surface area contributed by atoms with Gasteiger partial charge in [0.1, 0.15) is 30.0 Å². The highest BCUT2D eigenvalue weighted by atomic mass is 32.2. The van der Waals surface area contributed by atoms with Crippen LogP contribution in [0.3, 0.4) is 0 Å². The number of carbonyl (C=O) groups excluding carboxylic acids is 2. The first-order chi connectivity index (χ1) is 21.5. The molecule has 3 heterocycles. The molecule has 242 valence electrons. The Hall–Kier alpha value is -4.93. The molecule has 4 N–H and O–H groups in total. The van der Waals surface area contributed by atoms with Gasteiger partial charge in [0.2, 0.25) is 12.1 Å². The fraction of sp³-hybridized carbons (Fsp3) is 0.241. The highest BCUT2D eigenvalue weighted by Crippen LogP contribution is 2.36. The predicted molar refractivity (Wildman–Crippen MR) is 147 cm³/mol. The van der Waals surface area contributed by atoms with Crippen molar-refractivity contribution in [1.82, 2.24) is 15.1 Å². The second-order valence-corrected chi connectivity index (χ2v) is 12.8. The van der Waals surface area contributed by atoms with E-state index >= 15 is 0 Å². The minimum atomic E-state index is -5.01. The summed E-state index contributed by atoms with van der Waals surface area (Å²) in [5.74, 6) is -6.25. The third kappa shape index (κ3) is 6.83. The molecular weight excluding hydrogens is 644 g/mol. The molecule has 1 aliphatic heterocycles. The number of benzene rings is 2. The average molecular weight is 669 g/mol. The van der Waals surface area contributed by atoms with Crippen LogP contribution in [0.4, 0.5) is 26.3 Å². The van der Waals surface area contributed by atoms with Crippen LogP contribution < -0.4 is 15.8 Å². The number of nitrogens with one attached hydrogen (secondary N) is 1. The normalized spacial score (nSPS) is 14.8. The molecule has 4 aromatic rings. The number of fused-ring (bicyclic) bond motifs is 1. The van der Waals surface area contributed by atoms with E-state index in [1.807, 2.05) is 0 Å². The zero-order chi connectivity index (χ0) is 33.6. The summed E-state index contributed by atoms with van der Waals surface area (Å²) < 4.78 is 109. The largest absolute Gasteiger partial charge is 0.435 e. The molecule has 5 rings (SSSR count). The van der Waals surface area contributed by atoms with Crippen LogP contribution in [0.15, 0.2) is 54.7 Å². The highest BCUT2D eigenvalue weighted by Gasteiger charge is 2.42. The van der Waals surface area contributed by atoms with Crippen LogP contribution in [0, 0.1) is 17.5 Å². The van der Waals surface area contributed by atoms with Crippen molar-refractivity contribution in [2.45, 2.75) is 37.4 Å². The second kappa shape index (κ2) is 12.1. The molecule has 0 aliphatic carbocycles. The maximum atomic E-state index is 14.3. The number of rotatable bonds is 8. The lowest BCUT2D eigenvalue weighted by atomic mass is 9.94. The van der Waals surface area contributed by atoms with Crippen LogP contribution in [0.1, 0.15) is 44.6 Å². The lowest BCUT2D eigenvalue weighted by Crippen LogP contribution is -2.43. The molecule has 17 heteroatoms. The number of nitrogens with two attached hydrogens (primary N) is 1. The van der Waals surface area contributed by atoms with Crippen molar-refractivity contribution < 1.29 is 54.3 Å². The first kappa shape index (κ1) is 32.5. The van der Waals surface area contributed by atoms with Gasteiger partial charge in [-0.05, 0) is 41.5 Å². The summed E-state index contributed by atoms with van der Waals surface area (Å²) in [5, 5.41) is 17.0. The Bertz CT molecular complexity index is 1960. The van der Waals surface area contributed by atoms with Crippen LogP contribution in [-0.4, -0.2) is 41.0 Å². The maximum absolute atomic E-state index is 14.3. The number of hydrogen-bond acceptors (Lipinski definition) is 6. The van der Waals surface area contributed by atoms with Gasteiger partial charge in [-0.2, -0.15) is 18.3 Å². The predicted octanol–water partition coefficient (Wildman–Crippen LogP) is 3.18. The molecule has 1 unspecified atom stereocenters. The lowest BCUT2D eigenvalue weighted by Gasteiger charge is -2.20. The third-order valence-electron chi connectivity index (χ3n) is 7.33. The Labute approximate surface area is 256 Å². The van der Waals surface area contributed by atoms with E-state index in [1.165, 1.54) is 18.2 Å². The number of pyridine rings is 1. The molecule has 0 radical (unpaired) electrons. The van der Waals surface area contributed by atoms with Crippen molar-refractivity contribution in [1.29, 1.82) is 0 Å². The van der Waals surface area contributed by atoms with Crippen LogP contribution >= 0.6 is 0 Å². The van der Waals surface area contributed by atoms with E-state index in [0.29, 0.717) is 10.8 Å². The zero-order valence-electron chi connectivity index (χ0n) is 23.5. The quantitative estimate of drug-likeness (QED) is 0.149. The van der Waals surface area contributed by atoms with Crippen molar-refractivity contribution in [2.24, 2.45) is 5.73 Å². The Kier molecular flexibility index (Phi) is 8.55. The Morgan fingerprint density at radius 2 is 1.78 bits per heavy atom. The maximum Gasteiger partial charge on any atom is 0.435 e. The molecule has 1 atom stereocenters. The monoisotopic (exact) mass is 668 g/mol. The number of primary amides is 1. The van der Waals surface area contributed by atoms with E-state index in [2.05, 4.69) is 10.4 Å². The molecule has 0 spiro atoms. The highest BCUT2D eigenvalue weighted by molar-refractivity contribution is 7.90. The summed E-state index contributed by atoms with van der Waals surface area (Å²) in [7, 11) is -3.84. The molecule has 0 saturated carbocycles. The molecule has 46 heavy (non-hydrogen) atoms. The Balaban J connectivity index is 1.57. The lowest BCUT2D eigenvalue weighted by molar-refractivity contribution is -0.910. The number of carbonyl (C=O) groups is 2. The average Bonchev–Trinajstić information content (AvgIpc) is 3.28. The number of aromatic nitrogens is 3. The van der Waals surface area contributed by atoms with E-state index < -0.39 is 86.2 Å². The van der Waals surface area contributed by atoms with Gasteiger partial charge < -0.3 is 11.1 Å². The number of alkyl halides is 3. The van der Waals surface area contributed by atoms with Crippen LogP contribution in [0.25, 0.3) is 11.1 Å². The molecule has 10 nitrogen and oxygen atoms in total. The summed E-state index contributed by atoms with van der Waals surface area (Å²) >= 11 is 0. The molecule has 2 aromatic carbocycles. The van der Waals surface area contributed by atoms with Crippen molar-refractivity contribution in [3.8, 4) is 11.1 Å². The van der Waals surface area contributed by atoms with Crippen LogP contribution in [-0.2, 0) is 45.9 Å². The fourth-order valence-electron chi connectivity index (χ4n) is 5.41. The van der Waals surface area contributed by atoms with E-state index in [0.717, 1.165) is 35.1 Å². The molecule has 0 bridgehead atoms. The third-order valence-corrected chi connectivity index (χ3v) is 8.88. The van der Waals surface area contributed by atoms with Crippen molar-refractivity contribution >= 4 is 21.7 Å². The smallest absolute Gasteiger partial charge is 0.366 e. The van der Waals surface area contributed by atoms with Gasteiger partial charge in [-0.1, -0.05) is 6.07 Å². The summed E-state index contributed by atoms with van der Waals surface area (Å²) in [6.45, 7) is -0.817. The van der Waals surface area contributed by atoms with Crippen molar-refractivity contribution in [3.63, 3.8) is 0 Å². The Morgan fingerprint density at radius 3 is 2.43 bits per heavy atom. The molecule has 1 aliphatic rings. The number of sulfone groups is 1. The van der Waals surface area contributed by atoms with Crippen molar-refractivity contribution in [3.05, 3.63) is 106 Å². The van der Waals surface area contributed by atoms with Gasteiger partial charge in [0.05, 0.1) is 22.6 Å². The zero-order valence-corrected chi connectivity index (χ0v) is 24.3.